The van der Waals surface area contributed by atoms with Gasteiger partial charge in [0.2, 0.25) is 11.8 Å². The summed E-state index contributed by atoms with van der Waals surface area (Å²) < 4.78 is 0. The molecule has 0 unspecified atom stereocenters. The standard InChI is InChI=1S/C29H33ClN2O2/c1-21-9-8-12-24(17-21)20-32(27(33)19-23-13-15-25(30)16-14-23)26(28(34)31-29(2,3)4)18-22-10-6-5-7-11-22/h5-17,26H,18-20H2,1-4H3,(H,31,34)/t26-/m0/s1. The third-order valence-electron chi connectivity index (χ3n) is 5.47. The summed E-state index contributed by atoms with van der Waals surface area (Å²) in [6, 6.07) is 24.5. The second kappa shape index (κ2) is 11.3. The fraction of sp³-hybridized carbons (Fsp3) is 0.310. The van der Waals surface area contributed by atoms with Crippen LogP contribution in [0.3, 0.4) is 0 Å². The van der Waals surface area contributed by atoms with E-state index >= 15 is 0 Å². The third-order valence-corrected chi connectivity index (χ3v) is 5.73. The van der Waals surface area contributed by atoms with E-state index in [-0.39, 0.29) is 18.2 Å². The Balaban J connectivity index is 1.98. The molecule has 0 aliphatic rings. The highest BCUT2D eigenvalue weighted by Gasteiger charge is 2.32. The van der Waals surface area contributed by atoms with Crippen molar-refractivity contribution in [1.29, 1.82) is 0 Å². The summed E-state index contributed by atoms with van der Waals surface area (Å²) in [5.41, 5.74) is 3.55. The molecule has 0 bridgehead atoms. The van der Waals surface area contributed by atoms with Crippen LogP contribution >= 0.6 is 11.6 Å². The molecule has 0 heterocycles. The smallest absolute Gasteiger partial charge is 0.243 e. The van der Waals surface area contributed by atoms with Gasteiger partial charge in [-0.15, -0.1) is 0 Å². The van der Waals surface area contributed by atoms with Crippen LogP contribution in [-0.4, -0.2) is 28.3 Å². The molecule has 3 rings (SSSR count). The highest BCUT2D eigenvalue weighted by molar-refractivity contribution is 6.30. The van der Waals surface area contributed by atoms with Crippen LogP contribution in [0.2, 0.25) is 5.02 Å². The fourth-order valence-corrected chi connectivity index (χ4v) is 4.02. The molecule has 0 aromatic heterocycles. The van der Waals surface area contributed by atoms with Crippen molar-refractivity contribution in [2.24, 2.45) is 0 Å². The zero-order chi connectivity index (χ0) is 24.7. The van der Waals surface area contributed by atoms with Gasteiger partial charge in [0.1, 0.15) is 6.04 Å². The van der Waals surface area contributed by atoms with Crippen molar-refractivity contribution in [3.8, 4) is 0 Å². The van der Waals surface area contributed by atoms with Crippen LogP contribution in [0.5, 0.6) is 0 Å². The van der Waals surface area contributed by atoms with Gasteiger partial charge in [-0.05, 0) is 56.5 Å². The van der Waals surface area contributed by atoms with Gasteiger partial charge in [0.15, 0.2) is 0 Å². The van der Waals surface area contributed by atoms with Gasteiger partial charge in [0.05, 0.1) is 6.42 Å². The minimum Gasteiger partial charge on any atom is -0.350 e. The Bertz CT molecular complexity index is 1100. The SMILES string of the molecule is Cc1cccc(CN(C(=O)Cc2ccc(Cl)cc2)[C@@H](Cc2ccccc2)C(=O)NC(C)(C)C)c1. The van der Waals surface area contributed by atoms with Gasteiger partial charge >= 0.3 is 0 Å². The second-order valence-corrected chi connectivity index (χ2v) is 10.2. The lowest BCUT2D eigenvalue weighted by Crippen LogP contribution is -2.54. The molecular formula is C29H33ClN2O2. The lowest BCUT2D eigenvalue weighted by molar-refractivity contribution is -0.141. The summed E-state index contributed by atoms with van der Waals surface area (Å²) in [7, 11) is 0. The minimum absolute atomic E-state index is 0.103. The highest BCUT2D eigenvalue weighted by Crippen LogP contribution is 2.19. The molecular weight excluding hydrogens is 444 g/mol. The van der Waals surface area contributed by atoms with Gasteiger partial charge < -0.3 is 10.2 Å². The van der Waals surface area contributed by atoms with Crippen molar-refractivity contribution >= 4 is 23.4 Å². The Morgan fingerprint density at radius 2 is 1.53 bits per heavy atom. The predicted octanol–water partition coefficient (Wildman–Crippen LogP) is 5.75. The fourth-order valence-electron chi connectivity index (χ4n) is 3.89. The van der Waals surface area contributed by atoms with Crippen molar-refractivity contribution in [3.63, 3.8) is 0 Å². The number of hydrogen-bond acceptors (Lipinski definition) is 2. The van der Waals surface area contributed by atoms with Gasteiger partial charge in [0, 0.05) is 23.5 Å². The number of carbonyl (C=O) groups is 2. The van der Waals surface area contributed by atoms with Crippen LogP contribution in [0.25, 0.3) is 0 Å². The van der Waals surface area contributed by atoms with Gasteiger partial charge in [-0.1, -0.05) is 83.9 Å². The average Bonchev–Trinajstić information content (AvgIpc) is 2.77. The van der Waals surface area contributed by atoms with Gasteiger partial charge in [0.25, 0.3) is 0 Å². The number of halogens is 1. The van der Waals surface area contributed by atoms with E-state index in [9.17, 15) is 9.59 Å². The predicted molar refractivity (Wildman–Crippen MR) is 139 cm³/mol. The van der Waals surface area contributed by atoms with E-state index < -0.39 is 11.6 Å². The van der Waals surface area contributed by atoms with Gasteiger partial charge in [-0.25, -0.2) is 0 Å². The number of amides is 2. The molecule has 1 atom stereocenters. The van der Waals surface area contributed by atoms with Crippen LogP contribution in [0.4, 0.5) is 0 Å². The molecule has 0 aliphatic carbocycles. The molecule has 5 heteroatoms. The van der Waals surface area contributed by atoms with Crippen LogP contribution < -0.4 is 5.32 Å². The number of carbonyl (C=O) groups excluding carboxylic acids is 2. The van der Waals surface area contributed by atoms with Crippen molar-refractivity contribution in [1.82, 2.24) is 10.2 Å². The van der Waals surface area contributed by atoms with Crippen molar-refractivity contribution < 1.29 is 9.59 Å². The Labute approximate surface area is 207 Å². The molecule has 3 aromatic carbocycles. The molecule has 0 spiro atoms. The number of hydrogen-bond donors (Lipinski definition) is 1. The Hall–Kier alpha value is -3.11. The molecule has 0 saturated carbocycles. The zero-order valence-electron chi connectivity index (χ0n) is 20.3. The van der Waals surface area contributed by atoms with E-state index in [2.05, 4.69) is 11.4 Å². The Morgan fingerprint density at radius 1 is 0.882 bits per heavy atom. The molecule has 0 fully saturated rings. The summed E-state index contributed by atoms with van der Waals surface area (Å²) in [6.07, 6.45) is 0.623. The monoisotopic (exact) mass is 476 g/mol. The molecule has 34 heavy (non-hydrogen) atoms. The van der Waals surface area contributed by atoms with E-state index in [1.165, 1.54) is 0 Å². The maximum absolute atomic E-state index is 13.7. The number of nitrogens with zero attached hydrogens (tertiary/aromatic N) is 1. The van der Waals surface area contributed by atoms with Crippen molar-refractivity contribution in [2.75, 3.05) is 0 Å². The normalized spacial score (nSPS) is 12.1. The topological polar surface area (TPSA) is 49.4 Å². The molecule has 0 aliphatic heterocycles. The van der Waals surface area contributed by atoms with E-state index in [0.29, 0.717) is 18.0 Å². The average molecular weight is 477 g/mol. The van der Waals surface area contributed by atoms with E-state index in [1.807, 2.05) is 88.4 Å². The molecule has 178 valence electrons. The van der Waals surface area contributed by atoms with Crippen LogP contribution in [0.1, 0.15) is 43.0 Å². The van der Waals surface area contributed by atoms with Crippen LogP contribution in [-0.2, 0) is 29.0 Å². The summed E-state index contributed by atoms with van der Waals surface area (Å²) in [4.78, 5) is 29.0. The van der Waals surface area contributed by atoms with E-state index in [1.54, 1.807) is 17.0 Å². The first-order chi connectivity index (χ1) is 16.1. The number of aryl methyl sites for hydroxylation is 1. The lowest BCUT2D eigenvalue weighted by Gasteiger charge is -2.34. The summed E-state index contributed by atoms with van der Waals surface area (Å²) >= 11 is 6.03. The molecule has 0 radical (unpaired) electrons. The first kappa shape index (κ1) is 25.5. The van der Waals surface area contributed by atoms with E-state index in [0.717, 1.165) is 22.3 Å². The van der Waals surface area contributed by atoms with Crippen LogP contribution in [0.15, 0.2) is 78.9 Å². The largest absolute Gasteiger partial charge is 0.350 e. The Morgan fingerprint density at radius 3 is 2.15 bits per heavy atom. The maximum Gasteiger partial charge on any atom is 0.243 e. The number of benzene rings is 3. The van der Waals surface area contributed by atoms with Gasteiger partial charge in [-0.3, -0.25) is 9.59 Å². The number of rotatable bonds is 8. The van der Waals surface area contributed by atoms with Gasteiger partial charge in [-0.2, -0.15) is 0 Å². The zero-order valence-corrected chi connectivity index (χ0v) is 21.1. The number of nitrogens with one attached hydrogen (secondary N) is 1. The Kier molecular flexibility index (Phi) is 8.51. The van der Waals surface area contributed by atoms with E-state index in [4.69, 9.17) is 11.6 Å². The lowest BCUT2D eigenvalue weighted by atomic mass is 9.99. The minimum atomic E-state index is -0.651. The first-order valence-electron chi connectivity index (χ1n) is 11.6. The molecule has 0 saturated heterocycles. The summed E-state index contributed by atoms with van der Waals surface area (Å²) in [5.74, 6) is -0.262. The third kappa shape index (κ3) is 7.74. The highest BCUT2D eigenvalue weighted by atomic mass is 35.5. The molecule has 2 amide bonds. The van der Waals surface area contributed by atoms with Crippen molar-refractivity contribution in [3.05, 3.63) is 106 Å². The summed E-state index contributed by atoms with van der Waals surface area (Å²) in [6.45, 7) is 8.22. The quantitative estimate of drug-likeness (QED) is 0.450. The molecule has 1 N–H and O–H groups in total. The molecule has 4 nitrogen and oxygen atoms in total. The first-order valence-corrected chi connectivity index (χ1v) is 11.9. The maximum atomic E-state index is 13.7. The van der Waals surface area contributed by atoms with Crippen LogP contribution in [0, 0.1) is 6.92 Å². The van der Waals surface area contributed by atoms with Crippen molar-refractivity contribution in [2.45, 2.75) is 58.7 Å². The molecule has 3 aromatic rings. The second-order valence-electron chi connectivity index (χ2n) is 9.76. The summed E-state index contributed by atoms with van der Waals surface area (Å²) in [5, 5.41) is 3.72.